The van der Waals surface area contributed by atoms with Crippen LogP contribution in [-0.2, 0) is 0 Å². The number of aromatic nitrogens is 2. The first kappa shape index (κ1) is 10.4. The first-order valence-electron chi connectivity index (χ1n) is 3.95. The molecule has 13 heavy (non-hydrogen) atoms. The average Bonchev–Trinajstić information content (AvgIpc) is 2.46. The van der Waals surface area contributed by atoms with Gasteiger partial charge >= 0.3 is 5.82 Å². The van der Waals surface area contributed by atoms with Crippen molar-refractivity contribution in [1.82, 2.24) is 9.78 Å². The fourth-order valence-corrected chi connectivity index (χ4v) is 1.49. The highest BCUT2D eigenvalue weighted by atomic mass is 127. The Balaban J connectivity index is 3.01. The van der Waals surface area contributed by atoms with Crippen LogP contribution < -0.4 is 0 Å². The Morgan fingerprint density at radius 1 is 1.85 bits per heavy atom. The van der Waals surface area contributed by atoms with Crippen LogP contribution in [0.2, 0.25) is 0 Å². The predicted octanol–water partition coefficient (Wildman–Crippen LogP) is 2.37. The van der Waals surface area contributed by atoms with Gasteiger partial charge in [-0.25, -0.2) is 0 Å². The van der Waals surface area contributed by atoms with Crippen LogP contribution in [0.1, 0.15) is 26.3 Å². The average molecular weight is 295 g/mol. The molecule has 5 nitrogen and oxygen atoms in total. The Bertz CT molecular complexity index is 324. The Hall–Kier alpha value is -0.660. The maximum absolute atomic E-state index is 10.5. The minimum absolute atomic E-state index is 0.0547. The third-order valence-electron chi connectivity index (χ3n) is 1.88. The van der Waals surface area contributed by atoms with E-state index < -0.39 is 4.92 Å². The van der Waals surface area contributed by atoms with Gasteiger partial charge in [-0.05, 0) is 40.9 Å². The van der Waals surface area contributed by atoms with E-state index in [4.69, 9.17) is 0 Å². The number of hydrogen-bond donors (Lipinski definition) is 0. The van der Waals surface area contributed by atoms with Gasteiger partial charge < -0.3 is 10.1 Å². The van der Waals surface area contributed by atoms with Crippen LogP contribution >= 0.6 is 22.6 Å². The molecule has 0 bridgehead atoms. The van der Waals surface area contributed by atoms with Gasteiger partial charge in [0, 0.05) is 0 Å². The van der Waals surface area contributed by atoms with E-state index in [2.05, 4.69) is 5.10 Å². The van der Waals surface area contributed by atoms with E-state index in [1.54, 1.807) is 10.9 Å². The van der Waals surface area contributed by atoms with Gasteiger partial charge in [0.15, 0.2) is 0 Å². The summed E-state index contributed by atoms with van der Waals surface area (Å²) in [6, 6.07) is 0.210. The zero-order valence-electron chi connectivity index (χ0n) is 7.40. The molecule has 1 heterocycles. The van der Waals surface area contributed by atoms with E-state index in [9.17, 15) is 10.1 Å². The molecular weight excluding hydrogens is 285 g/mol. The van der Waals surface area contributed by atoms with Crippen molar-refractivity contribution in [3.63, 3.8) is 0 Å². The number of hydrogen-bond acceptors (Lipinski definition) is 3. The molecular formula is C7H10IN3O2. The molecule has 0 fully saturated rings. The topological polar surface area (TPSA) is 61.0 Å². The van der Waals surface area contributed by atoms with Crippen LogP contribution in [0.25, 0.3) is 0 Å². The maximum atomic E-state index is 10.5. The van der Waals surface area contributed by atoms with Crippen molar-refractivity contribution in [1.29, 1.82) is 0 Å². The molecule has 0 spiro atoms. The van der Waals surface area contributed by atoms with Gasteiger partial charge in [0.25, 0.3) is 0 Å². The zero-order chi connectivity index (χ0) is 10.0. The molecule has 72 valence electrons. The summed E-state index contributed by atoms with van der Waals surface area (Å²) in [5.74, 6) is -0.0547. The Morgan fingerprint density at radius 3 is 2.85 bits per heavy atom. The van der Waals surface area contributed by atoms with Gasteiger partial charge in [-0.2, -0.15) is 4.68 Å². The van der Waals surface area contributed by atoms with Gasteiger partial charge in [0.05, 0.1) is 17.3 Å². The van der Waals surface area contributed by atoms with E-state index in [1.807, 2.05) is 36.4 Å². The fraction of sp³-hybridized carbons (Fsp3) is 0.571. The lowest BCUT2D eigenvalue weighted by Gasteiger charge is -2.02. The van der Waals surface area contributed by atoms with Crippen molar-refractivity contribution >= 4 is 28.4 Å². The molecule has 1 unspecified atom stereocenters. The van der Waals surface area contributed by atoms with Crippen LogP contribution in [0.3, 0.4) is 0 Å². The highest BCUT2D eigenvalue weighted by Crippen LogP contribution is 2.20. The molecule has 0 aromatic carbocycles. The third kappa shape index (κ3) is 2.17. The van der Waals surface area contributed by atoms with E-state index in [1.165, 1.54) is 0 Å². The minimum Gasteiger partial charge on any atom is -0.358 e. The standard InChI is InChI=1S/C7H10IN3O2/c1-3-5(2)10-4-6(8)7(9-10)11(12)13/h4-5H,3H2,1-2H3. The van der Waals surface area contributed by atoms with Crippen molar-refractivity contribution in [2.45, 2.75) is 26.3 Å². The highest BCUT2D eigenvalue weighted by Gasteiger charge is 2.20. The summed E-state index contributed by atoms with van der Waals surface area (Å²) >= 11 is 1.92. The smallest absolute Gasteiger partial charge is 0.358 e. The van der Waals surface area contributed by atoms with Gasteiger partial charge in [-0.3, -0.25) is 0 Å². The van der Waals surface area contributed by atoms with Crippen LogP contribution in [-0.4, -0.2) is 14.7 Å². The summed E-state index contributed by atoms with van der Waals surface area (Å²) in [5, 5.41) is 14.4. The second-order valence-corrected chi connectivity index (χ2v) is 3.96. The van der Waals surface area contributed by atoms with E-state index >= 15 is 0 Å². The summed E-state index contributed by atoms with van der Waals surface area (Å²) in [4.78, 5) is 10.0. The summed E-state index contributed by atoms with van der Waals surface area (Å²) < 4.78 is 2.22. The summed E-state index contributed by atoms with van der Waals surface area (Å²) in [5.41, 5.74) is 0. The number of nitrogens with zero attached hydrogens (tertiary/aromatic N) is 3. The quantitative estimate of drug-likeness (QED) is 0.488. The first-order chi connectivity index (χ1) is 6.06. The zero-order valence-corrected chi connectivity index (χ0v) is 9.56. The molecule has 1 aromatic rings. The van der Waals surface area contributed by atoms with Crippen molar-refractivity contribution in [3.05, 3.63) is 19.9 Å². The maximum Gasteiger partial charge on any atom is 0.403 e. The molecule has 1 aromatic heterocycles. The molecule has 0 amide bonds. The second-order valence-electron chi connectivity index (χ2n) is 2.80. The van der Waals surface area contributed by atoms with Gasteiger partial charge in [0.1, 0.15) is 3.57 Å². The van der Waals surface area contributed by atoms with Gasteiger partial charge in [0.2, 0.25) is 0 Å². The molecule has 0 saturated heterocycles. The van der Waals surface area contributed by atoms with Crippen molar-refractivity contribution < 1.29 is 4.92 Å². The van der Waals surface area contributed by atoms with E-state index in [-0.39, 0.29) is 11.9 Å². The first-order valence-corrected chi connectivity index (χ1v) is 5.03. The lowest BCUT2D eigenvalue weighted by molar-refractivity contribution is -0.390. The third-order valence-corrected chi connectivity index (χ3v) is 2.65. The number of rotatable bonds is 3. The molecule has 0 aliphatic heterocycles. The van der Waals surface area contributed by atoms with E-state index in [0.717, 1.165) is 6.42 Å². The van der Waals surface area contributed by atoms with Crippen molar-refractivity contribution in [2.24, 2.45) is 0 Å². The van der Waals surface area contributed by atoms with Crippen molar-refractivity contribution in [3.8, 4) is 0 Å². The Morgan fingerprint density at radius 2 is 2.46 bits per heavy atom. The molecule has 0 aliphatic rings. The Labute approximate surface area is 89.4 Å². The van der Waals surface area contributed by atoms with Crippen LogP contribution in [0, 0.1) is 13.7 Å². The molecule has 6 heteroatoms. The lowest BCUT2D eigenvalue weighted by atomic mass is 10.3. The molecule has 0 radical (unpaired) electrons. The highest BCUT2D eigenvalue weighted by molar-refractivity contribution is 14.1. The molecule has 0 aliphatic carbocycles. The van der Waals surface area contributed by atoms with Crippen molar-refractivity contribution in [2.75, 3.05) is 0 Å². The number of halogens is 1. The number of nitro groups is 1. The lowest BCUT2D eigenvalue weighted by Crippen LogP contribution is -2.04. The van der Waals surface area contributed by atoms with Gasteiger partial charge in [-0.15, -0.1) is 0 Å². The summed E-state index contributed by atoms with van der Waals surface area (Å²) in [6.45, 7) is 4.00. The fourth-order valence-electron chi connectivity index (χ4n) is 0.896. The molecule has 0 saturated carbocycles. The molecule has 1 atom stereocenters. The Kier molecular flexibility index (Phi) is 3.23. The summed E-state index contributed by atoms with van der Waals surface area (Å²) in [7, 11) is 0. The van der Waals surface area contributed by atoms with Crippen LogP contribution in [0.5, 0.6) is 0 Å². The largest absolute Gasteiger partial charge is 0.403 e. The van der Waals surface area contributed by atoms with Crippen LogP contribution in [0.4, 0.5) is 5.82 Å². The normalized spacial score (nSPS) is 12.8. The van der Waals surface area contributed by atoms with Crippen LogP contribution in [0.15, 0.2) is 6.20 Å². The second kappa shape index (κ2) is 4.03. The SMILES string of the molecule is CCC(C)n1cc(I)c([N+](=O)[O-])n1. The van der Waals surface area contributed by atoms with E-state index in [0.29, 0.717) is 3.57 Å². The summed E-state index contributed by atoms with van der Waals surface area (Å²) in [6.07, 6.45) is 2.61. The molecule has 0 N–H and O–H groups in total. The molecule has 1 rings (SSSR count). The monoisotopic (exact) mass is 295 g/mol. The predicted molar refractivity (Wildman–Crippen MR) is 56.6 cm³/mol. The van der Waals surface area contributed by atoms with Gasteiger partial charge in [-0.1, -0.05) is 6.92 Å². The minimum atomic E-state index is -0.458.